The summed E-state index contributed by atoms with van der Waals surface area (Å²) in [6.07, 6.45) is 4.77. The molecule has 0 radical (unpaired) electrons. The summed E-state index contributed by atoms with van der Waals surface area (Å²) in [4.78, 5) is 0. The van der Waals surface area contributed by atoms with E-state index < -0.39 is 0 Å². The Morgan fingerprint density at radius 2 is 2.05 bits per heavy atom. The molecule has 1 saturated carbocycles. The van der Waals surface area contributed by atoms with Crippen LogP contribution in [0, 0.1) is 12.3 Å². The molecule has 3 N–H and O–H groups in total. The predicted octanol–water partition coefficient (Wildman–Crippen LogP) is 4.36. The van der Waals surface area contributed by atoms with Crippen molar-refractivity contribution in [3.8, 4) is 0 Å². The first-order chi connectivity index (χ1) is 8.86. The summed E-state index contributed by atoms with van der Waals surface area (Å²) in [5.41, 5.74) is 8.65. The molecule has 1 fully saturated rings. The fourth-order valence-electron chi connectivity index (χ4n) is 3.31. The first-order valence-corrected chi connectivity index (χ1v) is 7.48. The van der Waals surface area contributed by atoms with Crippen LogP contribution in [-0.2, 0) is 0 Å². The lowest BCUT2D eigenvalue weighted by molar-refractivity contribution is 0.170. The van der Waals surface area contributed by atoms with Crippen molar-refractivity contribution >= 4 is 17.3 Å². The van der Waals surface area contributed by atoms with Gasteiger partial charge in [0, 0.05) is 17.3 Å². The molecule has 1 aliphatic carbocycles. The van der Waals surface area contributed by atoms with Gasteiger partial charge in [-0.1, -0.05) is 37.9 Å². The average molecular weight is 281 g/mol. The van der Waals surface area contributed by atoms with Gasteiger partial charge in [0.1, 0.15) is 0 Å². The van der Waals surface area contributed by atoms with Crippen LogP contribution in [0.15, 0.2) is 18.2 Å². The summed E-state index contributed by atoms with van der Waals surface area (Å²) in [6, 6.07) is 6.17. The maximum Gasteiger partial charge on any atom is 0.0500 e. The summed E-state index contributed by atoms with van der Waals surface area (Å²) in [5, 5.41) is 4.47. The van der Waals surface area contributed by atoms with E-state index in [4.69, 9.17) is 17.3 Å². The van der Waals surface area contributed by atoms with Gasteiger partial charge in [0.15, 0.2) is 0 Å². The van der Waals surface area contributed by atoms with E-state index in [9.17, 15) is 0 Å². The Bertz CT molecular complexity index is 456. The van der Waals surface area contributed by atoms with Gasteiger partial charge in [-0.2, -0.15) is 0 Å². The number of anilines is 1. The van der Waals surface area contributed by atoms with Gasteiger partial charge in [-0.3, -0.25) is 0 Å². The van der Waals surface area contributed by atoms with E-state index in [0.29, 0.717) is 12.0 Å². The molecule has 1 aromatic rings. The fourth-order valence-corrected chi connectivity index (χ4v) is 3.49. The van der Waals surface area contributed by atoms with Gasteiger partial charge in [0.2, 0.25) is 0 Å². The first-order valence-electron chi connectivity index (χ1n) is 7.10. The SMILES string of the molecule is Cc1ccc(NC2(CN)CCCC(C)(C)C2)cc1Cl. The van der Waals surface area contributed by atoms with Gasteiger partial charge in [-0.05, 0) is 49.3 Å². The van der Waals surface area contributed by atoms with Gasteiger partial charge in [-0.15, -0.1) is 0 Å². The number of aryl methyl sites for hydroxylation is 1. The highest BCUT2D eigenvalue weighted by Crippen LogP contribution is 2.42. The van der Waals surface area contributed by atoms with Crippen LogP contribution in [0.2, 0.25) is 5.02 Å². The van der Waals surface area contributed by atoms with Crippen LogP contribution in [0.4, 0.5) is 5.69 Å². The van der Waals surface area contributed by atoms with Gasteiger partial charge in [-0.25, -0.2) is 0 Å². The molecule has 0 heterocycles. The highest BCUT2D eigenvalue weighted by atomic mass is 35.5. The minimum absolute atomic E-state index is 0.0142. The summed E-state index contributed by atoms with van der Waals surface area (Å²) >= 11 is 6.20. The topological polar surface area (TPSA) is 38.0 Å². The van der Waals surface area contributed by atoms with E-state index in [1.807, 2.05) is 13.0 Å². The van der Waals surface area contributed by atoms with Crippen molar-refractivity contribution in [2.45, 2.75) is 52.0 Å². The smallest absolute Gasteiger partial charge is 0.0500 e. The molecule has 0 aliphatic heterocycles. The third-order valence-electron chi connectivity index (χ3n) is 4.30. The van der Waals surface area contributed by atoms with Crippen molar-refractivity contribution in [3.05, 3.63) is 28.8 Å². The molecular formula is C16H25ClN2. The third-order valence-corrected chi connectivity index (χ3v) is 4.71. The normalized spacial score (nSPS) is 26.2. The maximum absolute atomic E-state index is 6.20. The summed E-state index contributed by atoms with van der Waals surface area (Å²) in [7, 11) is 0. The second kappa shape index (κ2) is 5.34. The largest absolute Gasteiger partial charge is 0.378 e. The van der Waals surface area contributed by atoms with Crippen molar-refractivity contribution in [2.75, 3.05) is 11.9 Å². The Labute approximate surface area is 121 Å². The first kappa shape index (κ1) is 14.7. The molecule has 0 spiro atoms. The van der Waals surface area contributed by atoms with Crippen LogP contribution in [0.5, 0.6) is 0 Å². The zero-order valence-corrected chi connectivity index (χ0v) is 13.0. The minimum atomic E-state index is 0.0142. The second-order valence-electron chi connectivity index (χ2n) is 6.77. The van der Waals surface area contributed by atoms with Gasteiger partial charge in [0.25, 0.3) is 0 Å². The van der Waals surface area contributed by atoms with E-state index in [0.717, 1.165) is 29.1 Å². The van der Waals surface area contributed by atoms with Crippen molar-refractivity contribution in [3.63, 3.8) is 0 Å². The molecule has 106 valence electrons. The molecule has 2 rings (SSSR count). The van der Waals surface area contributed by atoms with Crippen molar-refractivity contribution in [2.24, 2.45) is 11.1 Å². The molecule has 1 aromatic carbocycles. The van der Waals surface area contributed by atoms with Gasteiger partial charge in [0.05, 0.1) is 5.54 Å². The molecule has 1 aliphatic rings. The van der Waals surface area contributed by atoms with E-state index in [2.05, 4.69) is 31.3 Å². The van der Waals surface area contributed by atoms with Gasteiger partial charge < -0.3 is 11.1 Å². The van der Waals surface area contributed by atoms with Gasteiger partial charge >= 0.3 is 0 Å². The third kappa shape index (κ3) is 3.43. The molecule has 3 heteroatoms. The lowest BCUT2D eigenvalue weighted by atomic mass is 9.68. The van der Waals surface area contributed by atoms with E-state index in [1.54, 1.807) is 0 Å². The van der Waals surface area contributed by atoms with Crippen LogP contribution in [0.25, 0.3) is 0 Å². The lowest BCUT2D eigenvalue weighted by Gasteiger charge is -2.45. The Kier molecular flexibility index (Phi) is 4.12. The molecule has 0 amide bonds. The molecule has 1 unspecified atom stereocenters. The number of rotatable bonds is 3. The Morgan fingerprint density at radius 1 is 1.32 bits per heavy atom. The zero-order chi connectivity index (χ0) is 14.1. The number of halogens is 1. The maximum atomic E-state index is 6.20. The standard InChI is InChI=1S/C16H25ClN2/c1-12-5-6-13(9-14(12)17)19-16(11-18)8-4-7-15(2,3)10-16/h5-6,9,19H,4,7-8,10-11,18H2,1-3H3. The van der Waals surface area contributed by atoms with E-state index >= 15 is 0 Å². The predicted molar refractivity (Wildman–Crippen MR) is 83.8 cm³/mol. The van der Waals surface area contributed by atoms with Crippen LogP contribution in [-0.4, -0.2) is 12.1 Å². The molecular weight excluding hydrogens is 256 g/mol. The van der Waals surface area contributed by atoms with Crippen LogP contribution in [0.1, 0.15) is 45.1 Å². The van der Waals surface area contributed by atoms with Crippen LogP contribution < -0.4 is 11.1 Å². The highest BCUT2D eigenvalue weighted by Gasteiger charge is 2.39. The van der Waals surface area contributed by atoms with Crippen molar-refractivity contribution in [1.82, 2.24) is 0 Å². The molecule has 2 nitrogen and oxygen atoms in total. The second-order valence-corrected chi connectivity index (χ2v) is 7.18. The summed E-state index contributed by atoms with van der Waals surface area (Å²) in [5.74, 6) is 0. The lowest BCUT2D eigenvalue weighted by Crippen LogP contribution is -2.51. The van der Waals surface area contributed by atoms with Crippen molar-refractivity contribution in [1.29, 1.82) is 0 Å². The van der Waals surface area contributed by atoms with Crippen LogP contribution in [0.3, 0.4) is 0 Å². The number of nitrogens with two attached hydrogens (primary N) is 1. The average Bonchev–Trinajstić information content (AvgIpc) is 2.33. The Morgan fingerprint density at radius 3 is 2.63 bits per heavy atom. The zero-order valence-electron chi connectivity index (χ0n) is 12.2. The quantitative estimate of drug-likeness (QED) is 0.863. The molecule has 19 heavy (non-hydrogen) atoms. The molecule has 1 atom stereocenters. The minimum Gasteiger partial charge on any atom is -0.378 e. The number of benzene rings is 1. The van der Waals surface area contributed by atoms with Crippen LogP contribution >= 0.6 is 11.6 Å². The highest BCUT2D eigenvalue weighted by molar-refractivity contribution is 6.31. The summed E-state index contributed by atoms with van der Waals surface area (Å²) in [6.45, 7) is 7.36. The fraction of sp³-hybridized carbons (Fsp3) is 0.625. The number of nitrogens with one attached hydrogen (secondary N) is 1. The number of hydrogen-bond acceptors (Lipinski definition) is 2. The van der Waals surface area contributed by atoms with E-state index in [1.165, 1.54) is 12.8 Å². The molecule has 0 saturated heterocycles. The molecule has 0 aromatic heterocycles. The Hall–Kier alpha value is -0.730. The van der Waals surface area contributed by atoms with Crippen molar-refractivity contribution < 1.29 is 0 Å². The Balaban J connectivity index is 2.20. The monoisotopic (exact) mass is 280 g/mol. The summed E-state index contributed by atoms with van der Waals surface area (Å²) < 4.78 is 0. The van der Waals surface area contributed by atoms with E-state index in [-0.39, 0.29) is 5.54 Å². The molecule has 0 bridgehead atoms. The number of hydrogen-bond donors (Lipinski definition) is 2.